The van der Waals surface area contributed by atoms with Crippen molar-refractivity contribution in [1.82, 2.24) is 9.80 Å². The van der Waals surface area contributed by atoms with Gasteiger partial charge in [-0.15, -0.1) is 0 Å². The van der Waals surface area contributed by atoms with Gasteiger partial charge in [-0.1, -0.05) is 30.4 Å². The van der Waals surface area contributed by atoms with Crippen LogP contribution in [0.3, 0.4) is 0 Å². The molecule has 3 amide bonds. The van der Waals surface area contributed by atoms with Crippen LogP contribution < -0.4 is 5.32 Å². The summed E-state index contributed by atoms with van der Waals surface area (Å²) in [6, 6.07) is 6.41. The fraction of sp³-hybridized carbons (Fsp3) is 0.517. The van der Waals surface area contributed by atoms with E-state index >= 15 is 0 Å². The minimum atomic E-state index is -0.528. The number of rotatable bonds is 5. The number of fused-ring (bicyclic) bond motifs is 1. The Morgan fingerprint density at radius 2 is 2.00 bits per heavy atom. The number of carbonyl (C=O) groups excluding carboxylic acids is 3. The third-order valence-electron chi connectivity index (χ3n) is 8.72. The Bertz CT molecular complexity index is 1250. The number of hydrogen-bond acceptors (Lipinski definition) is 4. The van der Waals surface area contributed by atoms with E-state index in [1.807, 2.05) is 9.80 Å². The number of anilines is 1. The lowest BCUT2D eigenvalue weighted by atomic mass is 9.88. The highest BCUT2D eigenvalue weighted by Gasteiger charge is 2.57. The van der Waals surface area contributed by atoms with E-state index in [9.17, 15) is 14.4 Å². The van der Waals surface area contributed by atoms with Crippen LogP contribution in [0.25, 0.3) is 0 Å². The molecular formula is C29H32N4O3. The van der Waals surface area contributed by atoms with Gasteiger partial charge in [-0.2, -0.15) is 0 Å². The number of nitrogens with one attached hydrogen (secondary N) is 1. The summed E-state index contributed by atoms with van der Waals surface area (Å²) in [5.41, 5.74) is 3.82. The van der Waals surface area contributed by atoms with Gasteiger partial charge in [0.2, 0.25) is 11.8 Å². The maximum Gasteiger partial charge on any atom is 0.256 e. The molecule has 0 aromatic heterocycles. The summed E-state index contributed by atoms with van der Waals surface area (Å²) in [5.74, 6) is 2.15. The maximum atomic E-state index is 13.4. The molecule has 7 rings (SSSR count). The Morgan fingerprint density at radius 1 is 1.14 bits per heavy atom. The largest absolute Gasteiger partial charge is 0.342 e. The molecule has 1 saturated heterocycles. The summed E-state index contributed by atoms with van der Waals surface area (Å²) in [4.78, 5) is 46.6. The normalized spacial score (nSPS) is 28.2. The molecule has 2 atom stereocenters. The van der Waals surface area contributed by atoms with Gasteiger partial charge in [0.1, 0.15) is 11.4 Å². The van der Waals surface area contributed by atoms with Crippen molar-refractivity contribution in [3.05, 3.63) is 53.1 Å². The number of hydrogen-bond donors (Lipinski definition) is 1. The number of carbonyl (C=O) groups is 3. The zero-order valence-electron chi connectivity index (χ0n) is 20.5. The number of likely N-dealkylation sites (tertiary alicyclic amines) is 1. The molecule has 0 bridgehead atoms. The van der Waals surface area contributed by atoms with Crippen LogP contribution in [0.15, 0.2) is 47.0 Å². The number of amidine groups is 1. The van der Waals surface area contributed by atoms with E-state index in [0.29, 0.717) is 24.8 Å². The van der Waals surface area contributed by atoms with Crippen LogP contribution >= 0.6 is 0 Å². The van der Waals surface area contributed by atoms with Crippen LogP contribution in [0, 0.1) is 11.8 Å². The van der Waals surface area contributed by atoms with Gasteiger partial charge in [-0.3, -0.25) is 24.3 Å². The highest BCUT2D eigenvalue weighted by molar-refractivity contribution is 6.17. The van der Waals surface area contributed by atoms with Crippen molar-refractivity contribution in [1.29, 1.82) is 0 Å². The van der Waals surface area contributed by atoms with Crippen LogP contribution in [0.1, 0.15) is 62.0 Å². The molecule has 1 spiro atoms. The maximum absolute atomic E-state index is 13.4. The van der Waals surface area contributed by atoms with Crippen LogP contribution in [-0.2, 0) is 20.8 Å². The van der Waals surface area contributed by atoms with Gasteiger partial charge in [0, 0.05) is 49.2 Å². The molecule has 1 aromatic carbocycles. The van der Waals surface area contributed by atoms with Crippen molar-refractivity contribution in [2.75, 3.05) is 25.0 Å². The summed E-state index contributed by atoms with van der Waals surface area (Å²) in [6.45, 7) is 2.21. The first-order chi connectivity index (χ1) is 17.5. The monoisotopic (exact) mass is 484 g/mol. The van der Waals surface area contributed by atoms with Crippen LogP contribution in [0.5, 0.6) is 0 Å². The van der Waals surface area contributed by atoms with Gasteiger partial charge in [-0.25, -0.2) is 0 Å². The number of nitrogens with zero attached hydrogens (tertiary/aromatic N) is 3. The molecule has 1 unspecified atom stereocenters. The molecule has 7 nitrogen and oxygen atoms in total. The quantitative estimate of drug-likeness (QED) is 0.694. The first kappa shape index (κ1) is 22.0. The smallest absolute Gasteiger partial charge is 0.256 e. The van der Waals surface area contributed by atoms with Crippen LogP contribution in [0.4, 0.5) is 5.69 Å². The van der Waals surface area contributed by atoms with Gasteiger partial charge in [0.15, 0.2) is 0 Å². The molecule has 186 valence electrons. The molecule has 3 fully saturated rings. The van der Waals surface area contributed by atoms with Crippen molar-refractivity contribution in [2.45, 2.75) is 62.8 Å². The Balaban J connectivity index is 1.06. The van der Waals surface area contributed by atoms with E-state index < -0.39 is 5.54 Å². The molecule has 1 aromatic rings. The van der Waals surface area contributed by atoms with Crippen molar-refractivity contribution in [3.8, 4) is 0 Å². The Labute approximate surface area is 211 Å². The number of benzene rings is 1. The van der Waals surface area contributed by atoms with Gasteiger partial charge >= 0.3 is 0 Å². The summed E-state index contributed by atoms with van der Waals surface area (Å²) in [7, 11) is 0. The lowest BCUT2D eigenvalue weighted by Crippen LogP contribution is -2.41. The summed E-state index contributed by atoms with van der Waals surface area (Å²) >= 11 is 0. The van der Waals surface area contributed by atoms with Gasteiger partial charge < -0.3 is 10.2 Å². The van der Waals surface area contributed by atoms with Crippen molar-refractivity contribution >= 4 is 29.2 Å². The SMILES string of the molecule is O=C1CCc2ccc(C3C=CC(C4=NC5(CC5)C(=O)N4C[C@@H]4CCN(C(=O)C5CC5)C4)=CC3)cc2N1. The molecule has 6 aliphatic rings. The zero-order valence-corrected chi connectivity index (χ0v) is 20.5. The molecule has 1 N–H and O–H groups in total. The number of aryl methyl sites for hydroxylation is 1. The molecule has 2 saturated carbocycles. The highest BCUT2D eigenvalue weighted by Crippen LogP contribution is 2.47. The molecule has 7 heteroatoms. The van der Waals surface area contributed by atoms with Crippen molar-refractivity contribution in [2.24, 2.45) is 16.8 Å². The topological polar surface area (TPSA) is 82.1 Å². The van der Waals surface area contributed by atoms with Gasteiger partial charge in [-0.05, 0) is 68.1 Å². The fourth-order valence-electron chi connectivity index (χ4n) is 6.17. The Kier molecular flexibility index (Phi) is 4.98. The van der Waals surface area contributed by atoms with Gasteiger partial charge in [0.25, 0.3) is 5.91 Å². The molecule has 3 aliphatic heterocycles. The molecule has 3 aliphatic carbocycles. The summed E-state index contributed by atoms with van der Waals surface area (Å²) in [5, 5.41) is 3.01. The van der Waals surface area contributed by atoms with Crippen molar-refractivity contribution in [3.63, 3.8) is 0 Å². The predicted molar refractivity (Wildman–Crippen MR) is 136 cm³/mol. The standard InChI is InChI=1S/C29H32N4O3/c34-25-10-9-20-3-8-23(15-24(20)30-25)19-1-4-21(5-2-19)26-31-29(12-13-29)28(36)33(26)17-18-11-14-32(16-18)27(35)22-6-7-22/h1,3-5,8,15,18-19,22H,2,6-7,9-14,16-17H2,(H,30,34)/t18-,19?/m1/s1. The van der Waals surface area contributed by atoms with E-state index in [-0.39, 0.29) is 23.7 Å². The molecular weight excluding hydrogens is 452 g/mol. The third kappa shape index (κ3) is 3.80. The second kappa shape index (κ2) is 8.15. The number of amides is 3. The highest BCUT2D eigenvalue weighted by atomic mass is 16.2. The average Bonchev–Trinajstić information content (AvgIpc) is 3.82. The first-order valence-electron chi connectivity index (χ1n) is 13.5. The average molecular weight is 485 g/mol. The summed E-state index contributed by atoms with van der Waals surface area (Å²) < 4.78 is 0. The number of aliphatic imine (C=N–C) groups is 1. The molecule has 0 radical (unpaired) electrons. The van der Waals surface area contributed by atoms with Crippen molar-refractivity contribution < 1.29 is 14.4 Å². The van der Waals surface area contributed by atoms with E-state index in [4.69, 9.17) is 4.99 Å². The van der Waals surface area contributed by atoms with Gasteiger partial charge in [0.05, 0.1) is 0 Å². The minimum absolute atomic E-state index is 0.0846. The Hall–Kier alpha value is -3.22. The second-order valence-electron chi connectivity index (χ2n) is 11.4. The Morgan fingerprint density at radius 3 is 2.75 bits per heavy atom. The third-order valence-corrected chi connectivity index (χ3v) is 8.72. The summed E-state index contributed by atoms with van der Waals surface area (Å²) in [6.07, 6.45) is 13.4. The van der Waals surface area contributed by atoms with E-state index in [1.54, 1.807) is 0 Å². The molecule has 36 heavy (non-hydrogen) atoms. The molecule has 3 heterocycles. The fourth-order valence-corrected chi connectivity index (χ4v) is 6.17. The number of allylic oxidation sites excluding steroid dienone is 2. The lowest BCUT2D eigenvalue weighted by molar-refractivity contribution is -0.131. The van der Waals surface area contributed by atoms with E-state index in [2.05, 4.69) is 41.7 Å². The van der Waals surface area contributed by atoms with E-state index in [0.717, 1.165) is 75.1 Å². The van der Waals surface area contributed by atoms with Crippen LogP contribution in [-0.4, -0.2) is 58.5 Å². The zero-order chi connectivity index (χ0) is 24.4. The first-order valence-corrected chi connectivity index (χ1v) is 13.5. The van der Waals surface area contributed by atoms with Crippen LogP contribution in [0.2, 0.25) is 0 Å². The second-order valence-corrected chi connectivity index (χ2v) is 11.4. The van der Waals surface area contributed by atoms with E-state index in [1.165, 1.54) is 11.1 Å². The lowest BCUT2D eigenvalue weighted by Gasteiger charge is -2.26. The predicted octanol–water partition coefficient (Wildman–Crippen LogP) is 3.57. The minimum Gasteiger partial charge on any atom is -0.342 e.